The molecular formula is C16H13ClN4O. The van der Waals surface area contributed by atoms with Gasteiger partial charge in [-0.05, 0) is 16.3 Å². The number of likely N-dealkylation sites (tertiary alicyclic amines) is 1. The lowest BCUT2D eigenvalue weighted by Gasteiger charge is -2.39. The standard InChI is InChI=1S/C16H13ClN4O/c17-15-14(18-20-19-15)16(22)21-8-11(9-21)13-7-3-5-10-4-1-2-6-12(10)13/h1-7,11H,8-9H2,(H,18,19,20). The Labute approximate surface area is 131 Å². The fraction of sp³-hybridized carbons (Fsp3) is 0.188. The lowest BCUT2D eigenvalue weighted by atomic mass is 9.87. The number of rotatable bonds is 2. The molecule has 0 unspecified atom stereocenters. The van der Waals surface area contributed by atoms with E-state index in [1.54, 1.807) is 4.90 Å². The number of halogens is 1. The summed E-state index contributed by atoms with van der Waals surface area (Å²) < 4.78 is 0. The Balaban J connectivity index is 1.56. The lowest BCUT2D eigenvalue weighted by molar-refractivity contribution is 0.0597. The van der Waals surface area contributed by atoms with Crippen LogP contribution >= 0.6 is 11.6 Å². The molecule has 6 heteroatoms. The predicted molar refractivity (Wildman–Crippen MR) is 84.0 cm³/mol. The number of amides is 1. The highest BCUT2D eigenvalue weighted by Gasteiger charge is 2.34. The Kier molecular flexibility index (Phi) is 3.08. The molecule has 1 aliphatic heterocycles. The van der Waals surface area contributed by atoms with Crippen LogP contribution in [0, 0.1) is 0 Å². The van der Waals surface area contributed by atoms with E-state index in [0.29, 0.717) is 19.0 Å². The number of hydrogen-bond acceptors (Lipinski definition) is 3. The predicted octanol–water partition coefficient (Wildman–Crippen LogP) is 2.85. The van der Waals surface area contributed by atoms with Crippen molar-refractivity contribution in [2.75, 3.05) is 13.1 Å². The number of carbonyl (C=O) groups is 1. The summed E-state index contributed by atoms with van der Waals surface area (Å²) in [5.41, 5.74) is 1.48. The first kappa shape index (κ1) is 13.3. The van der Waals surface area contributed by atoms with E-state index in [0.717, 1.165) is 0 Å². The Hall–Kier alpha value is -2.40. The number of nitrogens with zero attached hydrogens (tertiary/aromatic N) is 3. The zero-order valence-corrected chi connectivity index (χ0v) is 12.4. The molecule has 5 nitrogen and oxygen atoms in total. The summed E-state index contributed by atoms with van der Waals surface area (Å²) in [6.07, 6.45) is 0. The molecule has 1 aromatic heterocycles. The van der Waals surface area contributed by atoms with Gasteiger partial charge >= 0.3 is 0 Å². The van der Waals surface area contributed by atoms with Gasteiger partial charge in [0.2, 0.25) is 0 Å². The van der Waals surface area contributed by atoms with Crippen LogP contribution in [0.3, 0.4) is 0 Å². The molecule has 0 saturated carbocycles. The molecule has 0 bridgehead atoms. The van der Waals surface area contributed by atoms with E-state index in [1.807, 2.05) is 12.1 Å². The zero-order valence-electron chi connectivity index (χ0n) is 11.7. The highest BCUT2D eigenvalue weighted by Crippen LogP contribution is 2.33. The average Bonchev–Trinajstić information content (AvgIpc) is 2.92. The summed E-state index contributed by atoms with van der Waals surface area (Å²) >= 11 is 5.84. The van der Waals surface area contributed by atoms with E-state index in [1.165, 1.54) is 16.3 Å². The summed E-state index contributed by atoms with van der Waals surface area (Å²) in [5, 5.41) is 12.5. The van der Waals surface area contributed by atoms with Gasteiger partial charge in [0.15, 0.2) is 10.8 Å². The number of carbonyl (C=O) groups excluding carboxylic acids is 1. The molecule has 22 heavy (non-hydrogen) atoms. The molecule has 1 amide bonds. The van der Waals surface area contributed by atoms with Crippen molar-refractivity contribution in [1.82, 2.24) is 20.3 Å². The second-order valence-electron chi connectivity index (χ2n) is 5.44. The van der Waals surface area contributed by atoms with Crippen molar-refractivity contribution in [2.45, 2.75) is 5.92 Å². The summed E-state index contributed by atoms with van der Waals surface area (Å²) in [7, 11) is 0. The van der Waals surface area contributed by atoms with Gasteiger partial charge in [0.25, 0.3) is 5.91 Å². The molecule has 4 rings (SSSR count). The van der Waals surface area contributed by atoms with Gasteiger partial charge in [0.1, 0.15) is 0 Å². The molecule has 0 aliphatic carbocycles. The van der Waals surface area contributed by atoms with E-state index >= 15 is 0 Å². The molecule has 1 aliphatic rings. The Morgan fingerprint density at radius 2 is 1.91 bits per heavy atom. The van der Waals surface area contributed by atoms with Gasteiger partial charge in [0.05, 0.1) is 0 Å². The molecule has 110 valence electrons. The van der Waals surface area contributed by atoms with Crippen molar-refractivity contribution in [2.24, 2.45) is 0 Å². The Morgan fingerprint density at radius 1 is 1.14 bits per heavy atom. The average molecular weight is 313 g/mol. The molecular weight excluding hydrogens is 300 g/mol. The van der Waals surface area contributed by atoms with Gasteiger partial charge in [-0.3, -0.25) is 4.79 Å². The molecule has 0 radical (unpaired) electrons. The van der Waals surface area contributed by atoms with Crippen molar-refractivity contribution < 1.29 is 4.79 Å². The van der Waals surface area contributed by atoms with E-state index in [4.69, 9.17) is 11.6 Å². The van der Waals surface area contributed by atoms with Crippen LogP contribution in [-0.2, 0) is 0 Å². The largest absolute Gasteiger partial charge is 0.336 e. The van der Waals surface area contributed by atoms with Crippen molar-refractivity contribution in [3.63, 3.8) is 0 Å². The molecule has 1 N–H and O–H groups in total. The minimum atomic E-state index is -0.171. The van der Waals surface area contributed by atoms with Gasteiger partial charge < -0.3 is 4.90 Å². The van der Waals surface area contributed by atoms with Gasteiger partial charge in [-0.2, -0.15) is 5.21 Å². The van der Waals surface area contributed by atoms with E-state index in [2.05, 4.69) is 45.7 Å². The zero-order chi connectivity index (χ0) is 15.1. The van der Waals surface area contributed by atoms with Crippen LogP contribution < -0.4 is 0 Å². The maximum Gasteiger partial charge on any atom is 0.277 e. The highest BCUT2D eigenvalue weighted by atomic mass is 35.5. The maximum atomic E-state index is 12.3. The molecule has 2 heterocycles. The number of aromatic amines is 1. The van der Waals surface area contributed by atoms with Gasteiger partial charge in [-0.25, -0.2) is 0 Å². The molecule has 3 aromatic rings. The smallest absolute Gasteiger partial charge is 0.277 e. The van der Waals surface area contributed by atoms with Crippen molar-refractivity contribution in [3.8, 4) is 0 Å². The van der Waals surface area contributed by atoms with Crippen LogP contribution in [0.15, 0.2) is 42.5 Å². The monoisotopic (exact) mass is 312 g/mol. The number of H-pyrrole nitrogens is 1. The first-order chi connectivity index (χ1) is 10.7. The minimum absolute atomic E-state index is 0.124. The highest BCUT2D eigenvalue weighted by molar-refractivity contribution is 6.32. The van der Waals surface area contributed by atoms with Gasteiger partial charge in [0, 0.05) is 19.0 Å². The third-order valence-electron chi connectivity index (χ3n) is 4.14. The van der Waals surface area contributed by atoms with Crippen LogP contribution in [-0.4, -0.2) is 39.3 Å². The van der Waals surface area contributed by atoms with Crippen LogP contribution in [0.25, 0.3) is 10.8 Å². The molecule has 1 saturated heterocycles. The Bertz CT molecular complexity index is 849. The third kappa shape index (κ3) is 2.05. The topological polar surface area (TPSA) is 61.9 Å². The second kappa shape index (κ2) is 5.10. The first-order valence-electron chi connectivity index (χ1n) is 7.07. The van der Waals surface area contributed by atoms with E-state index in [-0.39, 0.29) is 16.8 Å². The summed E-state index contributed by atoms with van der Waals surface area (Å²) in [5.74, 6) is 0.177. The van der Waals surface area contributed by atoms with E-state index < -0.39 is 0 Å². The van der Waals surface area contributed by atoms with Crippen molar-refractivity contribution in [1.29, 1.82) is 0 Å². The van der Waals surface area contributed by atoms with Gasteiger partial charge in [-0.15, -0.1) is 10.2 Å². The molecule has 0 atom stereocenters. The van der Waals surface area contributed by atoms with Crippen LogP contribution in [0.1, 0.15) is 22.0 Å². The molecule has 2 aromatic carbocycles. The summed E-state index contributed by atoms with van der Waals surface area (Å²) in [6, 6.07) is 14.6. The van der Waals surface area contributed by atoms with Crippen molar-refractivity contribution in [3.05, 3.63) is 58.9 Å². The van der Waals surface area contributed by atoms with Crippen molar-refractivity contribution >= 4 is 28.3 Å². The molecule has 1 fully saturated rings. The fourth-order valence-corrected chi connectivity index (χ4v) is 3.11. The number of aromatic nitrogens is 3. The number of benzene rings is 2. The summed E-state index contributed by atoms with van der Waals surface area (Å²) in [4.78, 5) is 14.0. The lowest BCUT2D eigenvalue weighted by Crippen LogP contribution is -2.48. The second-order valence-corrected chi connectivity index (χ2v) is 5.80. The quantitative estimate of drug-likeness (QED) is 0.791. The minimum Gasteiger partial charge on any atom is -0.336 e. The maximum absolute atomic E-state index is 12.3. The fourth-order valence-electron chi connectivity index (χ4n) is 2.95. The van der Waals surface area contributed by atoms with Crippen LogP contribution in [0.5, 0.6) is 0 Å². The molecule has 0 spiro atoms. The van der Waals surface area contributed by atoms with Crippen LogP contribution in [0.2, 0.25) is 5.15 Å². The number of hydrogen-bond donors (Lipinski definition) is 1. The third-order valence-corrected chi connectivity index (χ3v) is 4.40. The van der Waals surface area contributed by atoms with Gasteiger partial charge in [-0.1, -0.05) is 54.1 Å². The summed E-state index contributed by atoms with van der Waals surface area (Å²) in [6.45, 7) is 1.35. The number of nitrogens with one attached hydrogen (secondary N) is 1. The normalized spacial score (nSPS) is 15.0. The number of fused-ring (bicyclic) bond motifs is 1. The van der Waals surface area contributed by atoms with E-state index in [9.17, 15) is 4.79 Å². The van der Waals surface area contributed by atoms with Crippen LogP contribution in [0.4, 0.5) is 0 Å². The SMILES string of the molecule is O=C(c1n[nH]nc1Cl)N1CC(c2cccc3ccccc23)C1. The first-order valence-corrected chi connectivity index (χ1v) is 7.45. The Morgan fingerprint density at radius 3 is 2.68 bits per heavy atom.